The van der Waals surface area contributed by atoms with Crippen LogP contribution in [0.1, 0.15) is 123 Å². The minimum atomic E-state index is -1.22. The molecular formula is C43H59F2NO5. The van der Waals surface area contributed by atoms with E-state index in [9.17, 15) is 28.6 Å². The number of ether oxygens (including phenoxy) is 1. The number of ketones is 1. The maximum atomic E-state index is 14.7. The Balaban J connectivity index is 1.25. The lowest BCUT2D eigenvalue weighted by Crippen LogP contribution is -2.67. The number of carbonyl (C=O) groups excluding carboxylic acids is 2. The number of benzene rings is 1. The molecule has 0 radical (unpaired) electrons. The first-order chi connectivity index (χ1) is 24.0. The van der Waals surface area contributed by atoms with E-state index in [2.05, 4.69) is 52.8 Å². The van der Waals surface area contributed by atoms with Gasteiger partial charge in [0.05, 0.1) is 18.2 Å². The number of aliphatic hydroxyl groups excluding tert-OH is 1. The molecule has 280 valence electrons. The number of fused-ring (bicyclic) bond motifs is 1. The van der Waals surface area contributed by atoms with Crippen LogP contribution in [0.15, 0.2) is 42.0 Å². The molecule has 0 heterocycles. The van der Waals surface area contributed by atoms with Crippen molar-refractivity contribution in [2.24, 2.45) is 51.2 Å². The van der Waals surface area contributed by atoms with E-state index in [0.717, 1.165) is 57.1 Å². The highest BCUT2D eigenvalue weighted by atomic mass is 19.2. The van der Waals surface area contributed by atoms with Crippen LogP contribution in [-0.4, -0.2) is 57.9 Å². The third-order valence-electron chi connectivity index (χ3n) is 15.6. The smallest absolute Gasteiger partial charge is 0.410 e. The monoisotopic (exact) mass is 707 g/mol. The van der Waals surface area contributed by atoms with Crippen LogP contribution in [0, 0.1) is 62.9 Å². The van der Waals surface area contributed by atoms with Gasteiger partial charge in [0, 0.05) is 33.9 Å². The molecule has 0 aromatic heterocycles. The molecule has 2 bridgehead atoms. The van der Waals surface area contributed by atoms with E-state index in [4.69, 9.17) is 4.74 Å². The van der Waals surface area contributed by atoms with Crippen LogP contribution in [0.3, 0.4) is 0 Å². The molecule has 7 aliphatic rings. The quantitative estimate of drug-likeness (QED) is 0.208. The lowest BCUT2D eigenvalue weighted by molar-refractivity contribution is -0.175. The number of Topliss-reactive ketones (excluding diaryl/α,β-unsaturated/α-hetero) is 1. The third-order valence-corrected chi connectivity index (χ3v) is 15.6. The van der Waals surface area contributed by atoms with Crippen molar-refractivity contribution in [1.82, 2.24) is 4.90 Å². The Labute approximate surface area is 303 Å². The number of allylic oxidation sites excluding steroid dienone is 4. The maximum Gasteiger partial charge on any atom is 0.410 e. The first-order valence-electron chi connectivity index (χ1n) is 19.8. The van der Waals surface area contributed by atoms with Crippen LogP contribution in [0.4, 0.5) is 13.6 Å². The minimum absolute atomic E-state index is 0.0649. The first-order valence-corrected chi connectivity index (χ1v) is 19.8. The molecule has 7 aliphatic carbocycles. The SMILES string of the molecule is CCCN(CC1(O)CCC2C34C=CC5(C=C3C(=O)c3ccc(F)c(F)c3)CC(O)CCC5(C)C4CCC21C)C(=O)OC1CC(C)CCC1C(C)C. The molecule has 11 atom stereocenters. The molecule has 4 fully saturated rings. The van der Waals surface area contributed by atoms with Gasteiger partial charge in [-0.15, -0.1) is 0 Å². The Morgan fingerprint density at radius 2 is 1.69 bits per heavy atom. The normalized spacial score (nSPS) is 42.5. The highest BCUT2D eigenvalue weighted by Gasteiger charge is 2.74. The summed E-state index contributed by atoms with van der Waals surface area (Å²) in [6, 6.07) is 3.38. The zero-order valence-electron chi connectivity index (χ0n) is 31.5. The average Bonchev–Trinajstić information content (AvgIpc) is 3.35. The second-order valence-electron chi connectivity index (χ2n) is 18.4. The summed E-state index contributed by atoms with van der Waals surface area (Å²) < 4.78 is 35.0. The summed E-state index contributed by atoms with van der Waals surface area (Å²) >= 11 is 0. The van der Waals surface area contributed by atoms with Crippen LogP contribution < -0.4 is 0 Å². The van der Waals surface area contributed by atoms with Gasteiger partial charge in [-0.05, 0) is 117 Å². The van der Waals surface area contributed by atoms with Gasteiger partial charge in [-0.2, -0.15) is 0 Å². The van der Waals surface area contributed by atoms with E-state index in [1.807, 2.05) is 6.92 Å². The van der Waals surface area contributed by atoms with Crippen LogP contribution in [0.25, 0.3) is 0 Å². The molecule has 0 aliphatic heterocycles. The zero-order chi connectivity index (χ0) is 36.7. The molecule has 8 rings (SSSR count). The molecule has 11 unspecified atom stereocenters. The highest BCUT2D eigenvalue weighted by Crippen LogP contribution is 2.78. The number of halogens is 2. The van der Waals surface area contributed by atoms with Gasteiger partial charge >= 0.3 is 6.09 Å². The fourth-order valence-electron chi connectivity index (χ4n) is 12.7. The van der Waals surface area contributed by atoms with Crippen LogP contribution in [-0.2, 0) is 4.74 Å². The van der Waals surface area contributed by atoms with Crippen molar-refractivity contribution in [3.8, 4) is 0 Å². The van der Waals surface area contributed by atoms with Gasteiger partial charge in [0.2, 0.25) is 0 Å². The summed E-state index contributed by atoms with van der Waals surface area (Å²) in [7, 11) is 0. The summed E-state index contributed by atoms with van der Waals surface area (Å²) in [6.07, 6.45) is 14.0. The molecular weight excluding hydrogens is 648 g/mol. The van der Waals surface area contributed by atoms with Gasteiger partial charge < -0.3 is 19.8 Å². The van der Waals surface area contributed by atoms with Crippen LogP contribution in [0.2, 0.25) is 0 Å². The first kappa shape index (κ1) is 36.8. The minimum Gasteiger partial charge on any atom is -0.446 e. The van der Waals surface area contributed by atoms with Crippen LogP contribution >= 0.6 is 0 Å². The predicted molar refractivity (Wildman–Crippen MR) is 193 cm³/mol. The molecule has 1 aromatic carbocycles. The summed E-state index contributed by atoms with van der Waals surface area (Å²) in [5.41, 5.74) is -2.66. The van der Waals surface area contributed by atoms with E-state index in [-0.39, 0.29) is 47.3 Å². The Bertz CT molecular complexity index is 1620. The Kier molecular flexibility index (Phi) is 9.21. The Morgan fingerprint density at radius 1 is 0.980 bits per heavy atom. The Morgan fingerprint density at radius 3 is 2.39 bits per heavy atom. The number of carbonyl (C=O) groups is 2. The van der Waals surface area contributed by atoms with Crippen molar-refractivity contribution in [1.29, 1.82) is 0 Å². The molecule has 4 saturated carbocycles. The number of nitrogens with zero attached hydrogens (tertiary/aromatic N) is 1. The third kappa shape index (κ3) is 5.41. The lowest BCUT2D eigenvalue weighted by Gasteiger charge is -2.71. The van der Waals surface area contributed by atoms with Gasteiger partial charge in [-0.1, -0.05) is 66.2 Å². The van der Waals surface area contributed by atoms with Crippen molar-refractivity contribution in [2.75, 3.05) is 13.1 Å². The zero-order valence-corrected chi connectivity index (χ0v) is 31.5. The Hall–Kier alpha value is -2.58. The predicted octanol–water partition coefficient (Wildman–Crippen LogP) is 9.05. The van der Waals surface area contributed by atoms with Crippen molar-refractivity contribution < 1.29 is 33.3 Å². The van der Waals surface area contributed by atoms with Crippen LogP contribution in [0.5, 0.6) is 0 Å². The standard InChI is InChI=1S/C43H59F2NO5/c1-7-20-46(38(49)51-34-21-27(4)8-10-30(34)26(2)3)25-42(50)17-14-36-40(42,6)16-13-35-39(5)15-12-29(47)23-41(39)18-19-43(35,36)31(24-41)37(48)28-9-11-32(44)33(45)22-28/h9,11,18-19,22,24,26-27,29-30,34-36,47,50H,7-8,10,12-17,20-21,23,25H2,1-6H3. The summed E-state index contributed by atoms with van der Waals surface area (Å²) in [6.45, 7) is 13.8. The lowest BCUT2D eigenvalue weighted by atomic mass is 9.32. The molecule has 6 nitrogen and oxygen atoms in total. The highest BCUT2D eigenvalue weighted by molar-refractivity contribution is 6.10. The van der Waals surface area contributed by atoms with E-state index in [0.29, 0.717) is 55.6 Å². The number of hydrogen-bond donors (Lipinski definition) is 2. The van der Waals surface area contributed by atoms with Crippen molar-refractivity contribution >= 4 is 11.9 Å². The largest absolute Gasteiger partial charge is 0.446 e. The van der Waals surface area contributed by atoms with Crippen molar-refractivity contribution in [2.45, 2.75) is 130 Å². The topological polar surface area (TPSA) is 87.1 Å². The number of rotatable bonds is 8. The van der Waals surface area contributed by atoms with Crippen molar-refractivity contribution in [3.63, 3.8) is 0 Å². The second-order valence-corrected chi connectivity index (χ2v) is 18.4. The van der Waals surface area contributed by atoms with E-state index in [1.165, 1.54) is 6.07 Å². The number of amides is 1. The fraction of sp³-hybridized carbons (Fsp3) is 0.721. The fourth-order valence-corrected chi connectivity index (χ4v) is 12.7. The summed E-state index contributed by atoms with van der Waals surface area (Å²) in [5.74, 6) is -1.22. The molecule has 2 N–H and O–H groups in total. The maximum absolute atomic E-state index is 14.7. The van der Waals surface area contributed by atoms with Gasteiger partial charge in [0.1, 0.15) is 6.10 Å². The van der Waals surface area contributed by atoms with Crippen molar-refractivity contribution in [3.05, 3.63) is 59.2 Å². The molecule has 2 spiro atoms. The summed E-state index contributed by atoms with van der Waals surface area (Å²) in [4.78, 5) is 30.5. The average molecular weight is 708 g/mol. The van der Waals surface area contributed by atoms with E-state index >= 15 is 0 Å². The number of aliphatic hydroxyl groups is 2. The molecule has 1 aromatic rings. The van der Waals surface area contributed by atoms with Gasteiger partial charge in [0.25, 0.3) is 0 Å². The molecule has 1 amide bonds. The molecule has 0 saturated heterocycles. The van der Waals surface area contributed by atoms with Gasteiger partial charge in [-0.25, -0.2) is 13.6 Å². The van der Waals surface area contributed by atoms with E-state index in [1.54, 1.807) is 4.90 Å². The van der Waals surface area contributed by atoms with Gasteiger partial charge in [0.15, 0.2) is 17.4 Å². The molecule has 8 heteroatoms. The second kappa shape index (κ2) is 12.8. The summed E-state index contributed by atoms with van der Waals surface area (Å²) in [5, 5.41) is 23.9. The number of hydrogen-bond acceptors (Lipinski definition) is 5. The molecule has 51 heavy (non-hydrogen) atoms. The van der Waals surface area contributed by atoms with Gasteiger partial charge in [-0.3, -0.25) is 4.79 Å². The van der Waals surface area contributed by atoms with E-state index < -0.39 is 39.6 Å².